The number of likely N-dealkylation sites (tertiary alicyclic amines) is 1. The number of benzene rings is 2. The number of piperidine rings is 1. The fourth-order valence-corrected chi connectivity index (χ4v) is 5.86. The highest BCUT2D eigenvalue weighted by atomic mass is 32.2. The van der Waals surface area contributed by atoms with E-state index in [1.807, 2.05) is 35.2 Å². The van der Waals surface area contributed by atoms with E-state index in [2.05, 4.69) is 35.4 Å². The topological polar surface area (TPSA) is 38.1 Å². The number of para-hydroxylation sites is 1. The van der Waals surface area contributed by atoms with Crippen molar-refractivity contribution >= 4 is 41.2 Å². The fraction of sp³-hybridized carbons (Fsp3) is 0.318. The number of hydrogen-bond acceptors (Lipinski definition) is 5. The van der Waals surface area contributed by atoms with Crippen LogP contribution in [0, 0.1) is 9.87 Å². The molecule has 150 valence electrons. The number of rotatable bonds is 6. The lowest BCUT2D eigenvalue weighted by Crippen LogP contribution is -2.39. The van der Waals surface area contributed by atoms with Crippen LogP contribution in [0.5, 0.6) is 0 Å². The molecule has 3 aromatic rings. The molecule has 29 heavy (non-hydrogen) atoms. The van der Waals surface area contributed by atoms with Crippen LogP contribution in [0.15, 0.2) is 65.0 Å². The molecule has 7 heteroatoms. The predicted molar refractivity (Wildman–Crippen MR) is 122 cm³/mol. The van der Waals surface area contributed by atoms with Crippen LogP contribution in [0.4, 0.5) is 0 Å². The third kappa shape index (κ3) is 5.35. The van der Waals surface area contributed by atoms with Gasteiger partial charge < -0.3 is 4.90 Å². The molecule has 0 N–H and O–H groups in total. The highest BCUT2D eigenvalue weighted by Crippen LogP contribution is 2.26. The molecule has 1 amide bonds. The van der Waals surface area contributed by atoms with Crippen LogP contribution in [-0.4, -0.2) is 39.4 Å². The van der Waals surface area contributed by atoms with Crippen molar-refractivity contribution in [3.8, 4) is 5.69 Å². The molecular weight excluding hydrogens is 418 g/mol. The first kappa shape index (κ1) is 20.3. The van der Waals surface area contributed by atoms with Crippen LogP contribution in [0.25, 0.3) is 5.69 Å². The molecular formula is C22H23N3OS3. The van der Waals surface area contributed by atoms with Gasteiger partial charge in [-0.05, 0) is 55.1 Å². The van der Waals surface area contributed by atoms with Gasteiger partial charge in [-0.25, -0.2) is 4.68 Å². The van der Waals surface area contributed by atoms with Crippen molar-refractivity contribution in [3.05, 3.63) is 70.2 Å². The summed E-state index contributed by atoms with van der Waals surface area (Å²) in [5, 5.41) is 4.58. The van der Waals surface area contributed by atoms with Crippen LogP contribution in [0.3, 0.4) is 0 Å². The fourth-order valence-electron chi connectivity index (χ4n) is 3.60. The normalized spacial score (nSPS) is 14.8. The van der Waals surface area contributed by atoms with Crippen molar-refractivity contribution in [2.24, 2.45) is 5.92 Å². The molecule has 1 saturated heterocycles. The monoisotopic (exact) mass is 441 g/mol. The lowest BCUT2D eigenvalue weighted by atomic mass is 9.90. The smallest absolute Gasteiger partial charge is 0.233 e. The lowest BCUT2D eigenvalue weighted by Gasteiger charge is -2.32. The van der Waals surface area contributed by atoms with Gasteiger partial charge in [-0.1, -0.05) is 71.6 Å². The van der Waals surface area contributed by atoms with Gasteiger partial charge in [0.1, 0.15) is 0 Å². The molecule has 1 aromatic heterocycles. The van der Waals surface area contributed by atoms with E-state index >= 15 is 0 Å². The third-order valence-electron chi connectivity index (χ3n) is 5.18. The van der Waals surface area contributed by atoms with Gasteiger partial charge in [0.15, 0.2) is 8.29 Å². The van der Waals surface area contributed by atoms with Crippen molar-refractivity contribution < 1.29 is 4.79 Å². The Morgan fingerprint density at radius 2 is 1.72 bits per heavy atom. The van der Waals surface area contributed by atoms with Gasteiger partial charge >= 0.3 is 0 Å². The number of amides is 1. The Morgan fingerprint density at radius 1 is 1.07 bits per heavy atom. The standard InChI is InChI=1S/C22H23N3OS3/c26-20(24-13-11-18(12-14-24)15-17-7-3-1-4-8-17)16-28-21-23-25(22(27)29-21)19-9-5-2-6-10-19/h1-10,18H,11-16H2. The van der Waals surface area contributed by atoms with E-state index in [0.717, 1.165) is 42.4 Å². The van der Waals surface area contributed by atoms with Gasteiger partial charge in [-0.2, -0.15) is 0 Å². The molecule has 4 nitrogen and oxygen atoms in total. The van der Waals surface area contributed by atoms with E-state index in [1.165, 1.54) is 28.7 Å². The molecule has 1 aliphatic rings. The van der Waals surface area contributed by atoms with Gasteiger partial charge in [0.05, 0.1) is 11.4 Å². The van der Waals surface area contributed by atoms with Crippen molar-refractivity contribution in [2.75, 3.05) is 18.8 Å². The maximum Gasteiger partial charge on any atom is 0.233 e. The number of hydrogen-bond donors (Lipinski definition) is 0. The molecule has 2 aromatic carbocycles. The molecule has 4 rings (SSSR count). The van der Waals surface area contributed by atoms with Crippen molar-refractivity contribution in [3.63, 3.8) is 0 Å². The first-order valence-electron chi connectivity index (χ1n) is 9.79. The maximum absolute atomic E-state index is 12.6. The zero-order valence-corrected chi connectivity index (χ0v) is 18.5. The quantitative estimate of drug-likeness (QED) is 0.387. The van der Waals surface area contributed by atoms with Gasteiger partial charge in [0.25, 0.3) is 0 Å². The molecule has 0 saturated carbocycles. The van der Waals surface area contributed by atoms with Gasteiger partial charge in [0.2, 0.25) is 5.91 Å². The first-order chi connectivity index (χ1) is 14.2. The van der Waals surface area contributed by atoms with Crippen LogP contribution in [0.1, 0.15) is 18.4 Å². The maximum atomic E-state index is 12.6. The molecule has 0 bridgehead atoms. The van der Waals surface area contributed by atoms with Crippen LogP contribution >= 0.6 is 35.3 Å². The summed E-state index contributed by atoms with van der Waals surface area (Å²) in [6, 6.07) is 20.5. The average molecular weight is 442 g/mol. The second-order valence-electron chi connectivity index (χ2n) is 7.18. The molecule has 1 aliphatic heterocycles. The summed E-state index contributed by atoms with van der Waals surface area (Å²) in [4.78, 5) is 14.6. The number of aromatic nitrogens is 2. The second kappa shape index (κ2) is 9.69. The number of carbonyl (C=O) groups is 1. The van der Waals surface area contributed by atoms with Crippen molar-refractivity contribution in [2.45, 2.75) is 23.6 Å². The minimum atomic E-state index is 0.195. The number of thioether (sulfide) groups is 1. The number of carbonyl (C=O) groups excluding carboxylic acids is 1. The molecule has 1 fully saturated rings. The molecule has 0 atom stereocenters. The van der Waals surface area contributed by atoms with E-state index in [1.54, 1.807) is 4.68 Å². The van der Waals surface area contributed by atoms with Gasteiger partial charge in [-0.15, -0.1) is 5.10 Å². The van der Waals surface area contributed by atoms with Crippen LogP contribution in [0.2, 0.25) is 0 Å². The van der Waals surface area contributed by atoms with E-state index in [-0.39, 0.29) is 5.91 Å². The minimum absolute atomic E-state index is 0.195. The largest absolute Gasteiger partial charge is 0.342 e. The highest BCUT2D eigenvalue weighted by Gasteiger charge is 2.23. The summed E-state index contributed by atoms with van der Waals surface area (Å²) in [6.45, 7) is 1.70. The van der Waals surface area contributed by atoms with Crippen LogP contribution in [-0.2, 0) is 11.2 Å². The van der Waals surface area contributed by atoms with E-state index < -0.39 is 0 Å². The summed E-state index contributed by atoms with van der Waals surface area (Å²) >= 11 is 8.38. The minimum Gasteiger partial charge on any atom is -0.342 e. The summed E-state index contributed by atoms with van der Waals surface area (Å²) in [7, 11) is 0. The molecule has 0 spiro atoms. The third-order valence-corrected chi connectivity index (χ3v) is 7.53. The summed E-state index contributed by atoms with van der Waals surface area (Å²) < 4.78 is 3.31. The van der Waals surface area contributed by atoms with E-state index in [9.17, 15) is 4.79 Å². The SMILES string of the molecule is O=C(CSc1nn(-c2ccccc2)c(=S)s1)N1CCC(Cc2ccccc2)CC1. The zero-order valence-electron chi connectivity index (χ0n) is 16.1. The second-order valence-corrected chi connectivity index (χ2v) is 10.0. The summed E-state index contributed by atoms with van der Waals surface area (Å²) in [5.41, 5.74) is 2.34. The molecule has 0 aliphatic carbocycles. The van der Waals surface area contributed by atoms with Crippen molar-refractivity contribution in [1.82, 2.24) is 14.7 Å². The zero-order chi connectivity index (χ0) is 20.1. The predicted octanol–water partition coefficient (Wildman–Crippen LogP) is 5.24. The Balaban J connectivity index is 1.27. The first-order valence-corrected chi connectivity index (χ1v) is 12.0. The van der Waals surface area contributed by atoms with E-state index in [4.69, 9.17) is 12.2 Å². The Morgan fingerprint density at radius 3 is 2.41 bits per heavy atom. The lowest BCUT2D eigenvalue weighted by molar-refractivity contribution is -0.129. The molecule has 2 heterocycles. The van der Waals surface area contributed by atoms with E-state index in [0.29, 0.717) is 15.6 Å². The molecule has 0 radical (unpaired) electrons. The Hall–Kier alpha value is -1.96. The van der Waals surface area contributed by atoms with Gasteiger partial charge in [-0.3, -0.25) is 4.79 Å². The van der Waals surface area contributed by atoms with Crippen LogP contribution < -0.4 is 0 Å². The highest BCUT2D eigenvalue weighted by molar-refractivity contribution is 8.01. The molecule has 0 unspecified atom stereocenters. The Kier molecular flexibility index (Phi) is 6.79. The van der Waals surface area contributed by atoms with Gasteiger partial charge in [0, 0.05) is 13.1 Å². The Bertz CT molecular complexity index is 993. The average Bonchev–Trinajstić information content (AvgIpc) is 3.14. The summed E-state index contributed by atoms with van der Waals surface area (Å²) in [5.74, 6) is 1.28. The Labute approximate surface area is 184 Å². The van der Waals surface area contributed by atoms with Crippen molar-refractivity contribution in [1.29, 1.82) is 0 Å². The summed E-state index contributed by atoms with van der Waals surface area (Å²) in [6.07, 6.45) is 3.26. The number of nitrogens with zero attached hydrogens (tertiary/aromatic N) is 3.